The van der Waals surface area contributed by atoms with Crippen LogP contribution in [0.25, 0.3) is 0 Å². The summed E-state index contributed by atoms with van der Waals surface area (Å²) in [5.41, 5.74) is 2.05. The largest absolute Gasteiger partial charge is 0.494 e. The van der Waals surface area contributed by atoms with Crippen LogP contribution in [0.15, 0.2) is 23.2 Å². The van der Waals surface area contributed by atoms with Gasteiger partial charge < -0.3 is 25.2 Å². The molecule has 1 aliphatic heterocycles. The van der Waals surface area contributed by atoms with Crippen molar-refractivity contribution in [3.63, 3.8) is 0 Å². The van der Waals surface area contributed by atoms with E-state index in [0.29, 0.717) is 32.9 Å². The third-order valence-electron chi connectivity index (χ3n) is 4.06. The SMILES string of the molecule is CCNC(=NCc1ccc(C)cc1OCC)NCC1(CO)COC1.I. The summed E-state index contributed by atoms with van der Waals surface area (Å²) < 4.78 is 10.9. The van der Waals surface area contributed by atoms with Gasteiger partial charge in [0, 0.05) is 18.7 Å². The molecule has 3 N–H and O–H groups in total. The summed E-state index contributed by atoms with van der Waals surface area (Å²) in [5, 5.41) is 16.1. The molecule has 0 aliphatic carbocycles. The summed E-state index contributed by atoms with van der Waals surface area (Å²) >= 11 is 0. The summed E-state index contributed by atoms with van der Waals surface area (Å²) in [6, 6.07) is 6.17. The van der Waals surface area contributed by atoms with Crippen molar-refractivity contribution in [1.29, 1.82) is 0 Å². The van der Waals surface area contributed by atoms with Gasteiger partial charge in [0.05, 0.1) is 38.4 Å². The van der Waals surface area contributed by atoms with Crippen molar-refractivity contribution in [2.45, 2.75) is 27.3 Å². The van der Waals surface area contributed by atoms with Gasteiger partial charge >= 0.3 is 0 Å². The molecule has 0 spiro atoms. The zero-order valence-electron chi connectivity index (χ0n) is 15.3. The van der Waals surface area contributed by atoms with Crippen LogP contribution in [0.4, 0.5) is 0 Å². The Balaban J connectivity index is 0.00000312. The van der Waals surface area contributed by atoms with Gasteiger partial charge in [0.25, 0.3) is 0 Å². The van der Waals surface area contributed by atoms with Crippen LogP contribution < -0.4 is 15.4 Å². The van der Waals surface area contributed by atoms with Gasteiger partial charge in [-0.25, -0.2) is 4.99 Å². The number of rotatable bonds is 8. The highest BCUT2D eigenvalue weighted by Crippen LogP contribution is 2.25. The number of aryl methyl sites for hydroxylation is 1. The number of guanidine groups is 1. The van der Waals surface area contributed by atoms with Crippen LogP contribution in [0.5, 0.6) is 5.75 Å². The number of nitrogens with zero attached hydrogens (tertiary/aromatic N) is 1. The van der Waals surface area contributed by atoms with E-state index in [0.717, 1.165) is 23.8 Å². The van der Waals surface area contributed by atoms with Crippen molar-refractivity contribution in [2.24, 2.45) is 10.4 Å². The topological polar surface area (TPSA) is 75.1 Å². The van der Waals surface area contributed by atoms with E-state index < -0.39 is 0 Å². The smallest absolute Gasteiger partial charge is 0.191 e. The number of aliphatic hydroxyl groups is 1. The van der Waals surface area contributed by atoms with Gasteiger partial charge in [0.15, 0.2) is 5.96 Å². The van der Waals surface area contributed by atoms with E-state index in [1.165, 1.54) is 5.56 Å². The Bertz CT molecular complexity index is 557. The lowest BCUT2D eigenvalue weighted by Gasteiger charge is -2.40. The minimum Gasteiger partial charge on any atom is -0.494 e. The first-order valence-electron chi connectivity index (χ1n) is 8.55. The third kappa shape index (κ3) is 6.31. The predicted molar refractivity (Wildman–Crippen MR) is 111 cm³/mol. The lowest BCUT2D eigenvalue weighted by molar-refractivity contribution is -0.132. The highest BCUT2D eigenvalue weighted by Gasteiger charge is 2.38. The predicted octanol–water partition coefficient (Wildman–Crippen LogP) is 2.08. The first kappa shape index (κ1) is 22.0. The van der Waals surface area contributed by atoms with Gasteiger partial charge in [-0.1, -0.05) is 12.1 Å². The maximum Gasteiger partial charge on any atom is 0.191 e. The number of benzene rings is 1. The molecule has 1 saturated heterocycles. The fourth-order valence-electron chi connectivity index (χ4n) is 2.50. The van der Waals surface area contributed by atoms with Gasteiger partial charge in [-0.2, -0.15) is 0 Å². The minimum absolute atomic E-state index is 0. The molecule has 1 fully saturated rings. The van der Waals surface area contributed by atoms with Gasteiger partial charge in [-0.3, -0.25) is 0 Å². The number of aliphatic hydroxyl groups excluding tert-OH is 1. The molecule has 0 aromatic heterocycles. The number of hydrogen-bond acceptors (Lipinski definition) is 4. The summed E-state index contributed by atoms with van der Waals surface area (Å²) in [4.78, 5) is 4.64. The minimum atomic E-state index is -0.184. The van der Waals surface area contributed by atoms with Gasteiger partial charge in [0.1, 0.15) is 5.75 Å². The van der Waals surface area contributed by atoms with Crippen molar-refractivity contribution in [3.8, 4) is 5.75 Å². The fourth-order valence-corrected chi connectivity index (χ4v) is 2.50. The average Bonchev–Trinajstić information content (AvgIpc) is 2.53. The Kier molecular flexibility index (Phi) is 9.52. The maximum absolute atomic E-state index is 9.51. The zero-order chi connectivity index (χ0) is 17.4. The lowest BCUT2D eigenvalue weighted by atomic mass is 9.87. The quantitative estimate of drug-likeness (QED) is 0.313. The molecular formula is C18H30IN3O3. The van der Waals surface area contributed by atoms with Crippen LogP contribution in [0, 0.1) is 12.3 Å². The maximum atomic E-state index is 9.51. The molecule has 1 heterocycles. The van der Waals surface area contributed by atoms with E-state index >= 15 is 0 Å². The van der Waals surface area contributed by atoms with E-state index in [4.69, 9.17) is 9.47 Å². The van der Waals surface area contributed by atoms with E-state index in [1.807, 2.05) is 19.9 Å². The van der Waals surface area contributed by atoms with E-state index in [9.17, 15) is 5.11 Å². The van der Waals surface area contributed by atoms with Crippen LogP contribution in [-0.2, 0) is 11.3 Å². The van der Waals surface area contributed by atoms with Crippen molar-refractivity contribution < 1.29 is 14.6 Å². The molecule has 0 amide bonds. The van der Waals surface area contributed by atoms with Crippen LogP contribution in [0.3, 0.4) is 0 Å². The first-order valence-corrected chi connectivity index (χ1v) is 8.55. The number of aliphatic imine (C=N–C) groups is 1. The second-order valence-electron chi connectivity index (χ2n) is 6.24. The molecule has 0 unspecified atom stereocenters. The standard InChI is InChI=1S/C18H29N3O3.HI/c1-4-19-17(21-10-18(11-22)12-23-13-18)20-9-15-7-6-14(3)8-16(15)24-5-2;/h6-8,22H,4-5,9-13H2,1-3H3,(H2,19,20,21);1H. The van der Waals surface area contributed by atoms with Crippen LogP contribution in [0.2, 0.25) is 0 Å². The molecule has 7 heteroatoms. The Morgan fingerprint density at radius 2 is 2.08 bits per heavy atom. The van der Waals surface area contributed by atoms with E-state index in [1.54, 1.807) is 0 Å². The number of nitrogens with one attached hydrogen (secondary N) is 2. The summed E-state index contributed by atoms with van der Waals surface area (Å²) in [7, 11) is 0. The van der Waals surface area contributed by atoms with Crippen LogP contribution >= 0.6 is 24.0 Å². The van der Waals surface area contributed by atoms with E-state index in [2.05, 4.69) is 34.7 Å². The normalized spacial score (nSPS) is 15.8. The molecular weight excluding hydrogens is 433 g/mol. The molecule has 0 radical (unpaired) electrons. The van der Waals surface area contributed by atoms with Crippen LogP contribution in [0.1, 0.15) is 25.0 Å². The third-order valence-corrected chi connectivity index (χ3v) is 4.06. The molecule has 25 heavy (non-hydrogen) atoms. The molecule has 0 saturated carbocycles. The van der Waals surface area contributed by atoms with Crippen molar-refractivity contribution in [2.75, 3.05) is 39.5 Å². The Labute approximate surface area is 167 Å². The molecule has 2 rings (SSSR count). The average molecular weight is 463 g/mol. The molecule has 1 aromatic carbocycles. The molecule has 6 nitrogen and oxygen atoms in total. The second-order valence-corrected chi connectivity index (χ2v) is 6.24. The van der Waals surface area contributed by atoms with Crippen molar-refractivity contribution in [3.05, 3.63) is 29.3 Å². The summed E-state index contributed by atoms with van der Waals surface area (Å²) in [6.45, 7) is 9.94. The number of hydrogen-bond donors (Lipinski definition) is 3. The van der Waals surface area contributed by atoms with Crippen LogP contribution in [-0.4, -0.2) is 50.6 Å². The summed E-state index contributed by atoms with van der Waals surface area (Å²) in [6.07, 6.45) is 0. The Morgan fingerprint density at radius 1 is 1.32 bits per heavy atom. The Morgan fingerprint density at radius 3 is 2.64 bits per heavy atom. The second kappa shape index (κ2) is 10.8. The van der Waals surface area contributed by atoms with Gasteiger partial charge in [-0.05, 0) is 32.4 Å². The first-order chi connectivity index (χ1) is 11.6. The molecule has 0 atom stereocenters. The Hall–Kier alpha value is -1.06. The molecule has 142 valence electrons. The zero-order valence-corrected chi connectivity index (χ0v) is 17.6. The molecule has 0 bridgehead atoms. The van der Waals surface area contributed by atoms with Crippen molar-refractivity contribution >= 4 is 29.9 Å². The molecule has 1 aliphatic rings. The fraction of sp³-hybridized carbons (Fsp3) is 0.611. The molecule has 1 aromatic rings. The van der Waals surface area contributed by atoms with E-state index in [-0.39, 0.29) is 36.0 Å². The number of ether oxygens (including phenoxy) is 2. The highest BCUT2D eigenvalue weighted by atomic mass is 127. The highest BCUT2D eigenvalue weighted by molar-refractivity contribution is 14.0. The van der Waals surface area contributed by atoms with Gasteiger partial charge in [-0.15, -0.1) is 24.0 Å². The van der Waals surface area contributed by atoms with Crippen molar-refractivity contribution in [1.82, 2.24) is 10.6 Å². The van der Waals surface area contributed by atoms with Gasteiger partial charge in [0.2, 0.25) is 0 Å². The number of halogens is 1. The monoisotopic (exact) mass is 463 g/mol. The lowest BCUT2D eigenvalue weighted by Crippen LogP contribution is -2.54. The summed E-state index contributed by atoms with van der Waals surface area (Å²) in [5.74, 6) is 1.62.